The van der Waals surface area contributed by atoms with Crippen molar-refractivity contribution >= 4 is 40.3 Å². The first-order chi connectivity index (χ1) is 15.0. The van der Waals surface area contributed by atoms with Crippen LogP contribution in [0.2, 0.25) is 0 Å². The summed E-state index contributed by atoms with van der Waals surface area (Å²) in [7, 11) is 0. The van der Waals surface area contributed by atoms with E-state index in [9.17, 15) is 9.59 Å². The Bertz CT molecular complexity index is 1240. The van der Waals surface area contributed by atoms with E-state index in [0.29, 0.717) is 34.5 Å². The van der Waals surface area contributed by atoms with Gasteiger partial charge in [-0.05, 0) is 49.7 Å². The summed E-state index contributed by atoms with van der Waals surface area (Å²) in [6, 6.07) is 14.2. The number of carboxylic acid groups (broad SMARTS) is 1. The van der Waals surface area contributed by atoms with E-state index in [2.05, 4.69) is 15.5 Å². The van der Waals surface area contributed by atoms with Gasteiger partial charge in [-0.25, -0.2) is 4.79 Å². The average molecular weight is 436 g/mol. The van der Waals surface area contributed by atoms with E-state index in [-0.39, 0.29) is 17.2 Å². The molecule has 1 amide bonds. The molecule has 0 bridgehead atoms. The van der Waals surface area contributed by atoms with E-state index in [4.69, 9.17) is 9.52 Å². The number of para-hydroxylation sites is 1. The molecule has 158 valence electrons. The van der Waals surface area contributed by atoms with Crippen LogP contribution in [0.3, 0.4) is 0 Å². The molecule has 4 rings (SSSR count). The molecule has 0 atom stereocenters. The minimum atomic E-state index is -1.00. The molecule has 9 heteroatoms. The van der Waals surface area contributed by atoms with Crippen molar-refractivity contribution in [3.8, 4) is 11.6 Å². The van der Waals surface area contributed by atoms with Gasteiger partial charge in [0.2, 0.25) is 11.7 Å². The largest absolute Gasteiger partial charge is 0.478 e. The molecule has 2 N–H and O–H groups in total. The topological polar surface area (TPSA) is 110 Å². The lowest BCUT2D eigenvalue weighted by Gasteiger charge is -2.09. The highest BCUT2D eigenvalue weighted by molar-refractivity contribution is 7.99. The van der Waals surface area contributed by atoms with Gasteiger partial charge in [0.05, 0.1) is 11.3 Å². The number of carbonyl (C=O) groups excluding carboxylic acids is 1. The van der Waals surface area contributed by atoms with Gasteiger partial charge in [0, 0.05) is 17.6 Å². The van der Waals surface area contributed by atoms with Crippen molar-refractivity contribution < 1.29 is 19.1 Å². The Kier molecular flexibility index (Phi) is 5.77. The molecular weight excluding hydrogens is 416 g/mol. The summed E-state index contributed by atoms with van der Waals surface area (Å²) in [6.07, 6.45) is 0. The van der Waals surface area contributed by atoms with Gasteiger partial charge in [0.1, 0.15) is 5.58 Å². The summed E-state index contributed by atoms with van der Waals surface area (Å²) in [4.78, 5) is 23.5. The standard InChI is InChI=1S/C22H20N4O4S/c1-3-26-20(18-11-14-6-4-5-7-17(14)30-18)24-25-22(26)31-12-19(27)23-16-9-8-15(21(28)29)10-13(16)2/h4-11H,3,12H2,1-2H3,(H,23,27)(H,28,29). The molecule has 0 unspecified atom stereocenters. The van der Waals surface area contributed by atoms with Gasteiger partial charge in [0.15, 0.2) is 10.9 Å². The molecule has 0 aliphatic carbocycles. The number of aromatic carboxylic acids is 1. The van der Waals surface area contributed by atoms with Crippen LogP contribution in [0.25, 0.3) is 22.6 Å². The van der Waals surface area contributed by atoms with Crippen molar-refractivity contribution in [3.05, 3.63) is 59.7 Å². The number of carbonyl (C=O) groups is 2. The Morgan fingerprint density at radius 1 is 1.16 bits per heavy atom. The second kappa shape index (κ2) is 8.65. The van der Waals surface area contributed by atoms with Crippen molar-refractivity contribution in [2.45, 2.75) is 25.5 Å². The fourth-order valence-electron chi connectivity index (χ4n) is 3.21. The number of benzene rings is 2. The van der Waals surface area contributed by atoms with E-state index >= 15 is 0 Å². The number of carboxylic acids is 1. The van der Waals surface area contributed by atoms with Crippen LogP contribution in [0.5, 0.6) is 0 Å². The van der Waals surface area contributed by atoms with Gasteiger partial charge >= 0.3 is 5.97 Å². The van der Waals surface area contributed by atoms with Crippen LogP contribution in [0, 0.1) is 6.92 Å². The lowest BCUT2D eigenvalue weighted by molar-refractivity contribution is -0.113. The molecule has 0 aliphatic heterocycles. The second-order valence-corrected chi connectivity index (χ2v) is 7.81. The Morgan fingerprint density at radius 3 is 2.68 bits per heavy atom. The smallest absolute Gasteiger partial charge is 0.335 e. The van der Waals surface area contributed by atoms with Crippen LogP contribution in [0.15, 0.2) is 58.1 Å². The fraction of sp³-hybridized carbons (Fsp3) is 0.182. The van der Waals surface area contributed by atoms with Crippen LogP contribution < -0.4 is 5.32 Å². The van der Waals surface area contributed by atoms with E-state index < -0.39 is 5.97 Å². The molecule has 8 nitrogen and oxygen atoms in total. The van der Waals surface area contributed by atoms with Crippen molar-refractivity contribution in [2.75, 3.05) is 11.1 Å². The number of nitrogens with one attached hydrogen (secondary N) is 1. The van der Waals surface area contributed by atoms with Crippen molar-refractivity contribution in [3.63, 3.8) is 0 Å². The monoisotopic (exact) mass is 436 g/mol. The van der Waals surface area contributed by atoms with Crippen molar-refractivity contribution in [1.29, 1.82) is 0 Å². The van der Waals surface area contributed by atoms with E-state index in [1.54, 1.807) is 13.0 Å². The first-order valence-corrected chi connectivity index (χ1v) is 10.6. The maximum absolute atomic E-state index is 12.4. The quantitative estimate of drug-likeness (QED) is 0.412. The molecule has 0 aliphatic rings. The number of aryl methyl sites for hydroxylation is 1. The third kappa shape index (κ3) is 4.31. The number of furan rings is 1. The highest BCUT2D eigenvalue weighted by atomic mass is 32.2. The zero-order valence-electron chi connectivity index (χ0n) is 17.0. The van der Waals surface area contributed by atoms with Crippen LogP contribution in [-0.4, -0.2) is 37.5 Å². The summed E-state index contributed by atoms with van der Waals surface area (Å²) >= 11 is 1.28. The maximum Gasteiger partial charge on any atom is 0.335 e. The molecule has 0 spiro atoms. The van der Waals surface area contributed by atoms with Gasteiger partial charge in [-0.3, -0.25) is 9.36 Å². The molecule has 4 aromatic rings. The van der Waals surface area contributed by atoms with E-state index in [1.807, 2.05) is 41.8 Å². The first kappa shape index (κ1) is 20.7. The molecule has 31 heavy (non-hydrogen) atoms. The van der Waals surface area contributed by atoms with Crippen LogP contribution in [0.1, 0.15) is 22.8 Å². The number of nitrogens with zero attached hydrogens (tertiary/aromatic N) is 3. The second-order valence-electron chi connectivity index (χ2n) is 6.87. The summed E-state index contributed by atoms with van der Waals surface area (Å²) in [6.45, 7) is 4.36. The number of aromatic nitrogens is 3. The highest BCUT2D eigenvalue weighted by Crippen LogP contribution is 2.29. The first-order valence-electron chi connectivity index (χ1n) is 9.65. The van der Waals surface area contributed by atoms with Gasteiger partial charge in [-0.15, -0.1) is 10.2 Å². The maximum atomic E-state index is 12.4. The van der Waals surface area contributed by atoms with Gasteiger partial charge in [-0.2, -0.15) is 0 Å². The zero-order valence-corrected chi connectivity index (χ0v) is 17.8. The molecule has 0 saturated carbocycles. The molecule has 0 saturated heterocycles. The van der Waals surface area contributed by atoms with Gasteiger partial charge < -0.3 is 14.8 Å². The van der Waals surface area contributed by atoms with Crippen LogP contribution in [0.4, 0.5) is 5.69 Å². The Balaban J connectivity index is 1.46. The lowest BCUT2D eigenvalue weighted by atomic mass is 10.1. The number of fused-ring (bicyclic) bond motifs is 1. The highest BCUT2D eigenvalue weighted by Gasteiger charge is 2.18. The SMILES string of the molecule is CCn1c(SCC(=O)Nc2ccc(C(=O)O)cc2C)nnc1-c1cc2ccccc2o1. The number of amides is 1. The fourth-order valence-corrected chi connectivity index (χ4v) is 4.01. The predicted octanol–water partition coefficient (Wildman–Crippen LogP) is 4.45. The minimum Gasteiger partial charge on any atom is -0.478 e. The molecular formula is C22H20N4O4S. The van der Waals surface area contributed by atoms with Crippen molar-refractivity contribution in [2.24, 2.45) is 0 Å². The number of hydrogen-bond acceptors (Lipinski definition) is 6. The lowest BCUT2D eigenvalue weighted by Crippen LogP contribution is -2.15. The number of thioether (sulfide) groups is 1. The summed E-state index contributed by atoms with van der Waals surface area (Å²) in [5, 5.41) is 22.0. The molecule has 2 aromatic heterocycles. The van der Waals surface area contributed by atoms with E-state index in [0.717, 1.165) is 11.0 Å². The van der Waals surface area contributed by atoms with Gasteiger partial charge in [0.25, 0.3) is 0 Å². The molecule has 2 aromatic carbocycles. The predicted molar refractivity (Wildman–Crippen MR) is 118 cm³/mol. The average Bonchev–Trinajstić information content (AvgIpc) is 3.36. The third-order valence-corrected chi connectivity index (χ3v) is 5.73. The van der Waals surface area contributed by atoms with Crippen molar-refractivity contribution in [1.82, 2.24) is 14.8 Å². The zero-order chi connectivity index (χ0) is 22.0. The number of anilines is 1. The third-order valence-electron chi connectivity index (χ3n) is 4.76. The Labute approximate surface area is 182 Å². The molecule has 0 fully saturated rings. The summed E-state index contributed by atoms with van der Waals surface area (Å²) in [5.41, 5.74) is 2.22. The minimum absolute atomic E-state index is 0.137. The van der Waals surface area contributed by atoms with Gasteiger partial charge in [-0.1, -0.05) is 30.0 Å². The van der Waals surface area contributed by atoms with Crippen LogP contribution >= 0.6 is 11.8 Å². The number of hydrogen-bond donors (Lipinski definition) is 2. The summed E-state index contributed by atoms with van der Waals surface area (Å²) in [5.74, 6) is 0.156. The number of rotatable bonds is 7. The molecule has 2 heterocycles. The molecule has 0 radical (unpaired) electrons. The Morgan fingerprint density at radius 2 is 1.97 bits per heavy atom. The van der Waals surface area contributed by atoms with Crippen LogP contribution in [-0.2, 0) is 11.3 Å². The Hall–Kier alpha value is -3.59. The summed E-state index contributed by atoms with van der Waals surface area (Å²) < 4.78 is 7.81. The normalized spacial score (nSPS) is 11.0. The van der Waals surface area contributed by atoms with E-state index in [1.165, 1.54) is 23.9 Å².